The van der Waals surface area contributed by atoms with Crippen molar-refractivity contribution in [2.75, 3.05) is 46.4 Å². The van der Waals surface area contributed by atoms with Gasteiger partial charge < -0.3 is 4.74 Å². The molecule has 0 bridgehead atoms. The lowest BCUT2D eigenvalue weighted by Crippen LogP contribution is -2.48. The molecule has 0 unspecified atom stereocenters. The third-order valence-electron chi connectivity index (χ3n) is 4.29. The van der Waals surface area contributed by atoms with Crippen LogP contribution < -0.4 is 0 Å². The fourth-order valence-electron chi connectivity index (χ4n) is 3.09. The molecule has 2 rings (SSSR count). The Morgan fingerprint density at radius 2 is 2.00 bits per heavy atom. The molecule has 1 aliphatic heterocycles. The van der Waals surface area contributed by atoms with Crippen molar-refractivity contribution in [1.29, 1.82) is 0 Å². The number of nitrogens with zero attached hydrogens (tertiary/aromatic N) is 6. The van der Waals surface area contributed by atoms with E-state index in [1.165, 1.54) is 0 Å². The van der Waals surface area contributed by atoms with Gasteiger partial charge in [-0.15, -0.1) is 11.7 Å². The lowest BCUT2D eigenvalue weighted by Gasteiger charge is -2.39. The SMILES string of the molecule is C=CCN1CCN([C@@H](CC(C)C)c2nnnn2CCOC)CC1. The Morgan fingerprint density at radius 3 is 2.61 bits per heavy atom. The summed E-state index contributed by atoms with van der Waals surface area (Å²) < 4.78 is 7.07. The molecule has 1 fully saturated rings. The Bertz CT molecular complexity index is 467. The molecule has 0 amide bonds. The smallest absolute Gasteiger partial charge is 0.168 e. The van der Waals surface area contributed by atoms with Crippen LogP contribution in [0.2, 0.25) is 0 Å². The maximum atomic E-state index is 5.17. The number of hydrogen-bond donors (Lipinski definition) is 0. The van der Waals surface area contributed by atoms with Crippen LogP contribution >= 0.6 is 0 Å². The van der Waals surface area contributed by atoms with Crippen LogP contribution in [0.4, 0.5) is 0 Å². The van der Waals surface area contributed by atoms with Gasteiger partial charge in [-0.05, 0) is 22.8 Å². The van der Waals surface area contributed by atoms with Gasteiger partial charge in [0.1, 0.15) is 0 Å². The second kappa shape index (κ2) is 9.10. The van der Waals surface area contributed by atoms with E-state index in [0.29, 0.717) is 19.1 Å². The molecule has 1 aromatic rings. The van der Waals surface area contributed by atoms with Crippen LogP contribution in [0.5, 0.6) is 0 Å². The minimum atomic E-state index is 0.271. The summed E-state index contributed by atoms with van der Waals surface area (Å²) in [6.07, 6.45) is 3.04. The number of rotatable bonds is 9. The number of methoxy groups -OCH3 is 1. The Morgan fingerprint density at radius 1 is 1.26 bits per heavy atom. The Hall–Kier alpha value is -1.31. The molecule has 0 aliphatic carbocycles. The first-order chi connectivity index (χ1) is 11.2. The van der Waals surface area contributed by atoms with Crippen LogP contribution in [0.25, 0.3) is 0 Å². The maximum absolute atomic E-state index is 5.17. The summed E-state index contributed by atoms with van der Waals surface area (Å²) in [5.41, 5.74) is 0. The monoisotopic (exact) mass is 322 g/mol. The molecule has 0 saturated carbocycles. The van der Waals surface area contributed by atoms with Gasteiger partial charge in [0.25, 0.3) is 0 Å². The molecule has 1 aromatic heterocycles. The normalized spacial score (nSPS) is 18.4. The molecule has 1 saturated heterocycles. The van der Waals surface area contributed by atoms with Gasteiger partial charge in [-0.3, -0.25) is 9.80 Å². The highest BCUT2D eigenvalue weighted by Gasteiger charge is 2.29. The molecule has 1 atom stereocenters. The summed E-state index contributed by atoms with van der Waals surface area (Å²) in [4.78, 5) is 4.96. The first kappa shape index (κ1) is 18.0. The van der Waals surface area contributed by atoms with Gasteiger partial charge in [0, 0.05) is 39.8 Å². The standard InChI is InChI=1S/C16H30N6O/c1-5-6-20-7-9-21(10-8-20)15(13-14(2)3)16-17-18-19-22(16)11-12-23-4/h5,14-15H,1,6-13H2,2-4H3/t15-/m0/s1. The van der Waals surface area contributed by atoms with Crippen molar-refractivity contribution in [2.24, 2.45) is 5.92 Å². The zero-order chi connectivity index (χ0) is 16.7. The third-order valence-corrected chi connectivity index (χ3v) is 4.29. The summed E-state index contributed by atoms with van der Waals surface area (Å²) in [5.74, 6) is 1.56. The number of ether oxygens (including phenoxy) is 1. The zero-order valence-electron chi connectivity index (χ0n) is 14.7. The second-order valence-corrected chi connectivity index (χ2v) is 6.52. The Labute approximate surface area is 139 Å². The molecule has 0 aromatic carbocycles. The van der Waals surface area contributed by atoms with E-state index in [0.717, 1.165) is 45.0 Å². The van der Waals surface area contributed by atoms with E-state index in [9.17, 15) is 0 Å². The minimum Gasteiger partial charge on any atom is -0.383 e. The average Bonchev–Trinajstić information content (AvgIpc) is 3.00. The average molecular weight is 322 g/mol. The van der Waals surface area contributed by atoms with Crippen molar-refractivity contribution in [3.8, 4) is 0 Å². The van der Waals surface area contributed by atoms with Gasteiger partial charge >= 0.3 is 0 Å². The highest BCUT2D eigenvalue weighted by Crippen LogP contribution is 2.27. The van der Waals surface area contributed by atoms with Crippen molar-refractivity contribution in [2.45, 2.75) is 32.9 Å². The number of aromatic nitrogens is 4. The summed E-state index contributed by atoms with van der Waals surface area (Å²) >= 11 is 0. The van der Waals surface area contributed by atoms with Gasteiger partial charge in [0.15, 0.2) is 5.82 Å². The van der Waals surface area contributed by atoms with Crippen molar-refractivity contribution in [1.82, 2.24) is 30.0 Å². The zero-order valence-corrected chi connectivity index (χ0v) is 14.7. The van der Waals surface area contributed by atoms with E-state index in [1.54, 1.807) is 7.11 Å². The van der Waals surface area contributed by atoms with Gasteiger partial charge in [-0.1, -0.05) is 19.9 Å². The highest BCUT2D eigenvalue weighted by molar-refractivity contribution is 4.96. The number of piperazine rings is 1. The van der Waals surface area contributed by atoms with E-state index in [1.807, 2.05) is 10.8 Å². The van der Waals surface area contributed by atoms with Crippen LogP contribution in [0.1, 0.15) is 32.1 Å². The van der Waals surface area contributed by atoms with E-state index in [-0.39, 0.29) is 6.04 Å². The van der Waals surface area contributed by atoms with E-state index in [4.69, 9.17) is 4.74 Å². The molecule has 2 heterocycles. The highest BCUT2D eigenvalue weighted by atomic mass is 16.5. The maximum Gasteiger partial charge on any atom is 0.168 e. The topological polar surface area (TPSA) is 59.3 Å². The summed E-state index contributed by atoms with van der Waals surface area (Å²) in [5, 5.41) is 12.4. The van der Waals surface area contributed by atoms with Gasteiger partial charge in [-0.25, -0.2) is 4.68 Å². The molecular formula is C16H30N6O. The molecule has 7 heteroatoms. The lowest BCUT2D eigenvalue weighted by atomic mass is 10.0. The fourth-order valence-corrected chi connectivity index (χ4v) is 3.09. The molecular weight excluding hydrogens is 292 g/mol. The van der Waals surface area contributed by atoms with Crippen molar-refractivity contribution < 1.29 is 4.74 Å². The predicted octanol–water partition coefficient (Wildman–Crippen LogP) is 1.21. The molecule has 130 valence electrons. The summed E-state index contributed by atoms with van der Waals surface area (Å²) in [6.45, 7) is 14.9. The van der Waals surface area contributed by atoms with Gasteiger partial charge in [-0.2, -0.15) is 0 Å². The molecule has 0 N–H and O–H groups in total. The van der Waals surface area contributed by atoms with E-state index < -0.39 is 0 Å². The van der Waals surface area contributed by atoms with Crippen LogP contribution in [-0.2, 0) is 11.3 Å². The van der Waals surface area contributed by atoms with Crippen LogP contribution in [-0.4, -0.2) is 76.4 Å². The lowest BCUT2D eigenvalue weighted by molar-refractivity contribution is 0.0850. The van der Waals surface area contributed by atoms with Gasteiger partial charge in [0.05, 0.1) is 19.2 Å². The quantitative estimate of drug-likeness (QED) is 0.637. The van der Waals surface area contributed by atoms with Crippen LogP contribution in [0.3, 0.4) is 0 Å². The van der Waals surface area contributed by atoms with Crippen molar-refractivity contribution >= 4 is 0 Å². The fraction of sp³-hybridized carbons (Fsp3) is 0.812. The molecule has 0 radical (unpaired) electrons. The molecule has 1 aliphatic rings. The second-order valence-electron chi connectivity index (χ2n) is 6.52. The van der Waals surface area contributed by atoms with Gasteiger partial charge in [0.2, 0.25) is 0 Å². The summed E-state index contributed by atoms with van der Waals surface area (Å²) in [7, 11) is 1.70. The van der Waals surface area contributed by atoms with E-state index in [2.05, 4.69) is 45.8 Å². The first-order valence-corrected chi connectivity index (χ1v) is 8.48. The predicted molar refractivity (Wildman–Crippen MR) is 90.1 cm³/mol. The first-order valence-electron chi connectivity index (χ1n) is 8.48. The minimum absolute atomic E-state index is 0.271. The number of hydrogen-bond acceptors (Lipinski definition) is 6. The summed E-state index contributed by atoms with van der Waals surface area (Å²) in [6, 6.07) is 0.271. The van der Waals surface area contributed by atoms with Crippen LogP contribution in [0, 0.1) is 5.92 Å². The van der Waals surface area contributed by atoms with Crippen molar-refractivity contribution in [3.05, 3.63) is 18.5 Å². The molecule has 0 spiro atoms. The Balaban J connectivity index is 2.08. The Kier molecular flexibility index (Phi) is 7.14. The number of tetrazole rings is 1. The van der Waals surface area contributed by atoms with Crippen LogP contribution in [0.15, 0.2) is 12.7 Å². The molecule has 7 nitrogen and oxygen atoms in total. The molecule has 23 heavy (non-hydrogen) atoms. The van der Waals surface area contributed by atoms with Crippen molar-refractivity contribution in [3.63, 3.8) is 0 Å². The third kappa shape index (κ3) is 5.09. The largest absolute Gasteiger partial charge is 0.383 e. The van der Waals surface area contributed by atoms with E-state index >= 15 is 0 Å².